The Morgan fingerprint density at radius 2 is 1.08 bits per heavy atom. The van der Waals surface area contributed by atoms with Crippen molar-refractivity contribution in [3.8, 4) is 0 Å². The summed E-state index contributed by atoms with van der Waals surface area (Å²) in [4.78, 5) is 97.3. The van der Waals surface area contributed by atoms with Crippen LogP contribution < -0.4 is 37.6 Å². The lowest BCUT2D eigenvalue weighted by Crippen LogP contribution is -2.48. The average molecular weight is 944 g/mol. The second kappa shape index (κ2) is 35.6. The number of nitrogens with two attached hydrogens (primary N) is 1. The molecule has 0 aromatic carbocycles. The van der Waals surface area contributed by atoms with Crippen LogP contribution in [0.15, 0.2) is 0 Å². The quantitative estimate of drug-likeness (QED) is 0.0225. The molecule has 0 fully saturated rings. The van der Waals surface area contributed by atoms with E-state index in [4.69, 9.17) is 24.7 Å². The Balaban J connectivity index is 4.66. The molecule has 0 spiro atoms. The van der Waals surface area contributed by atoms with E-state index in [1.165, 1.54) is 24.6 Å². The Kier molecular flexibility index (Phi) is 34.0. The van der Waals surface area contributed by atoms with Gasteiger partial charge in [0.1, 0.15) is 12.1 Å². The Labute approximate surface area is 379 Å². The number of primary amides is 1. The molecule has 0 saturated carbocycles. The van der Waals surface area contributed by atoms with Gasteiger partial charge in [0.15, 0.2) is 5.78 Å². The fourth-order valence-corrected chi connectivity index (χ4v) is 8.02. The largest absolute Gasteiger partial charge is 0.379 e. The maximum Gasteiger partial charge on any atom is 0.243 e. The summed E-state index contributed by atoms with van der Waals surface area (Å²) in [5.74, 6) is -2.94. The molecule has 0 aliphatic carbocycles. The van der Waals surface area contributed by atoms with E-state index in [0.717, 1.165) is 0 Å². The van der Waals surface area contributed by atoms with Crippen molar-refractivity contribution in [3.05, 3.63) is 0 Å². The number of carbonyl (C=O) groups is 8. The Bertz CT molecular complexity index is 1350. The van der Waals surface area contributed by atoms with Crippen LogP contribution in [0.2, 0.25) is 0 Å². The van der Waals surface area contributed by atoms with Gasteiger partial charge in [-0.25, -0.2) is 0 Å². The van der Waals surface area contributed by atoms with Crippen LogP contribution in [0.1, 0.15) is 73.1 Å². The van der Waals surface area contributed by atoms with Crippen LogP contribution in [0.25, 0.3) is 0 Å². The summed E-state index contributed by atoms with van der Waals surface area (Å²) in [5, 5.41) is 15.9. The van der Waals surface area contributed by atoms with Crippen LogP contribution in [-0.2, 0) is 57.3 Å². The highest BCUT2D eigenvalue weighted by atomic mass is 33.1. The van der Waals surface area contributed by atoms with E-state index < -0.39 is 35.9 Å². The van der Waals surface area contributed by atoms with Gasteiger partial charge in [-0.15, -0.1) is 0 Å². The van der Waals surface area contributed by atoms with Gasteiger partial charge in [0.25, 0.3) is 0 Å². The highest BCUT2D eigenvalue weighted by molar-refractivity contribution is 8.77. The van der Waals surface area contributed by atoms with Crippen LogP contribution in [0.3, 0.4) is 0 Å². The van der Waals surface area contributed by atoms with E-state index in [1.54, 1.807) is 10.8 Å². The molecule has 0 bridgehead atoms. The van der Waals surface area contributed by atoms with Crippen LogP contribution in [-0.4, -0.2) is 160 Å². The molecule has 0 radical (unpaired) electrons. The minimum Gasteiger partial charge on any atom is -0.379 e. The lowest BCUT2D eigenvalue weighted by molar-refractivity contribution is -0.130. The Hall–Kier alpha value is -2.80. The maximum absolute atomic E-state index is 13.5. The first-order valence-corrected chi connectivity index (χ1v) is 23.8. The summed E-state index contributed by atoms with van der Waals surface area (Å²) in [6.07, 6.45) is 1.31. The van der Waals surface area contributed by atoms with Crippen LogP contribution >= 0.6 is 46.8 Å². The van der Waals surface area contributed by atoms with E-state index in [0.29, 0.717) is 31.6 Å². The summed E-state index contributed by atoms with van der Waals surface area (Å²) in [6.45, 7) is 11.2. The summed E-state index contributed by atoms with van der Waals surface area (Å²) in [6, 6.07) is -2.33. The number of ketones is 1. The number of hydrogen-bond donors (Lipinski definition) is 9. The highest BCUT2D eigenvalue weighted by Gasteiger charge is 2.27. The molecule has 0 aromatic rings. The number of ether oxygens (including phenoxy) is 4. The number of rotatable bonds is 37. The molecule has 19 nitrogen and oxygen atoms in total. The molecule has 61 heavy (non-hydrogen) atoms. The molecule has 4 atom stereocenters. The number of thiol groups is 2. The fourth-order valence-electron chi connectivity index (χ4n) is 4.88. The molecule has 352 valence electrons. The first-order chi connectivity index (χ1) is 28.9. The van der Waals surface area contributed by atoms with Crippen molar-refractivity contribution in [2.45, 2.75) is 96.0 Å². The summed E-state index contributed by atoms with van der Waals surface area (Å²) in [7, 11) is 3.05. The second-order valence-corrected chi connectivity index (χ2v) is 18.5. The van der Waals surface area contributed by atoms with Gasteiger partial charge in [-0.05, 0) is 19.3 Å². The third-order valence-corrected chi connectivity index (χ3v) is 12.1. The number of amides is 7. The molecule has 0 heterocycles. The summed E-state index contributed by atoms with van der Waals surface area (Å²) in [5.41, 5.74) is 5.65. The number of hydrogen-bond acceptors (Lipinski definition) is 16. The van der Waals surface area contributed by atoms with Crippen molar-refractivity contribution >= 4 is 94.0 Å². The Morgan fingerprint density at radius 1 is 0.607 bits per heavy atom. The van der Waals surface area contributed by atoms with Crippen LogP contribution in [0.4, 0.5) is 0 Å². The lowest BCUT2D eigenvalue weighted by atomic mass is 9.96. The molecule has 0 aliphatic rings. The third kappa shape index (κ3) is 33.4. The van der Waals surface area contributed by atoms with E-state index in [2.05, 4.69) is 57.2 Å². The standard InChI is InChI=1S/C38H69N7O12S4/c1-26(46)43-30(23-58)36(52)41-12-16-56-20-18-54-14-9-33(49)40-11-7-6-8-29(32(48)22-28(35(39)51)25-60-61-38(3,4)5)45-34(50)10-15-55-19-21-57-17-13-42-37(53)31(24-59)44-27(2)47/h28-31,58-59H,6-25H2,1-5H3,(H2,39,51)(H,40,49)(H,41,52)(H,42,53)(H,43,46)(H,44,47)(H,45,50). The van der Waals surface area contributed by atoms with Crippen LogP contribution in [0, 0.1) is 5.92 Å². The fraction of sp³-hybridized carbons (Fsp3) is 0.789. The SMILES string of the molecule is CC(=O)NC(CS)C(=O)NCCOCCOCCC(=O)NCCCCC(NC(=O)CCOCCOCCNC(=O)C(CS)NC(C)=O)C(=O)CC(CSSC(C)(C)C)C(N)=O. The maximum atomic E-state index is 13.5. The molecule has 0 rings (SSSR count). The molecular formula is C38H69N7O12S4. The zero-order valence-corrected chi connectivity index (χ0v) is 39.6. The van der Waals surface area contributed by atoms with Crippen molar-refractivity contribution in [3.63, 3.8) is 0 Å². The van der Waals surface area contributed by atoms with Crippen LogP contribution in [0.5, 0.6) is 0 Å². The van der Waals surface area contributed by atoms with Gasteiger partial charge in [-0.3, -0.25) is 38.4 Å². The molecule has 0 saturated heterocycles. The number of unbranched alkanes of at least 4 members (excludes halogenated alkanes) is 1. The number of nitrogens with one attached hydrogen (secondary N) is 6. The molecule has 4 unspecified atom stereocenters. The average Bonchev–Trinajstić information content (AvgIpc) is 3.18. The first kappa shape index (κ1) is 58.2. The lowest BCUT2D eigenvalue weighted by Gasteiger charge is -2.21. The van der Waals surface area contributed by atoms with E-state index in [1.807, 2.05) is 20.8 Å². The normalized spacial score (nSPS) is 13.2. The smallest absolute Gasteiger partial charge is 0.243 e. The van der Waals surface area contributed by atoms with Gasteiger partial charge < -0.3 is 56.6 Å². The van der Waals surface area contributed by atoms with E-state index in [9.17, 15) is 38.4 Å². The van der Waals surface area contributed by atoms with Gasteiger partial charge in [-0.1, -0.05) is 42.4 Å². The zero-order valence-electron chi connectivity index (χ0n) is 36.1. The third-order valence-electron chi connectivity index (χ3n) is 7.93. The molecule has 0 aromatic heterocycles. The van der Waals surface area contributed by atoms with Gasteiger partial charge >= 0.3 is 0 Å². The highest BCUT2D eigenvalue weighted by Crippen LogP contribution is 2.36. The first-order valence-electron chi connectivity index (χ1n) is 20.2. The molecule has 7 amide bonds. The monoisotopic (exact) mass is 943 g/mol. The van der Waals surface area contributed by atoms with Crippen molar-refractivity contribution in [2.75, 3.05) is 89.7 Å². The van der Waals surface area contributed by atoms with Gasteiger partial charge in [0, 0.05) is 74.7 Å². The minimum absolute atomic E-state index is 0.0217. The second-order valence-electron chi connectivity index (χ2n) is 14.6. The zero-order chi connectivity index (χ0) is 46.1. The predicted molar refractivity (Wildman–Crippen MR) is 242 cm³/mol. The van der Waals surface area contributed by atoms with Crippen molar-refractivity contribution in [2.24, 2.45) is 11.7 Å². The van der Waals surface area contributed by atoms with Gasteiger partial charge in [-0.2, -0.15) is 25.3 Å². The number of Topliss-reactive ketones (excluding diaryl/α,β-unsaturated/α-hetero) is 1. The predicted octanol–water partition coefficient (Wildman–Crippen LogP) is -0.0537. The minimum atomic E-state index is -0.864. The van der Waals surface area contributed by atoms with Crippen molar-refractivity contribution in [1.29, 1.82) is 0 Å². The van der Waals surface area contributed by atoms with E-state index >= 15 is 0 Å². The Morgan fingerprint density at radius 3 is 1.52 bits per heavy atom. The summed E-state index contributed by atoms with van der Waals surface area (Å²) < 4.78 is 21.7. The molecule has 0 aliphatic heterocycles. The van der Waals surface area contributed by atoms with E-state index in [-0.39, 0.29) is 137 Å². The number of carbonyl (C=O) groups excluding carboxylic acids is 8. The molecule has 23 heteroatoms. The van der Waals surface area contributed by atoms with Gasteiger partial charge in [0.2, 0.25) is 41.4 Å². The summed E-state index contributed by atoms with van der Waals surface area (Å²) >= 11 is 8.13. The van der Waals surface area contributed by atoms with Gasteiger partial charge in [0.05, 0.1) is 64.8 Å². The van der Waals surface area contributed by atoms with Crippen molar-refractivity contribution in [1.82, 2.24) is 31.9 Å². The van der Waals surface area contributed by atoms with Crippen molar-refractivity contribution < 1.29 is 57.3 Å². The topological polar surface area (TPSA) is 272 Å². The molecule has 8 N–H and O–H groups in total. The molecular weight excluding hydrogens is 875 g/mol.